The van der Waals surface area contributed by atoms with Gasteiger partial charge in [-0.15, -0.1) is 0 Å². The molecule has 1 aromatic carbocycles. The number of pyridine rings is 1. The van der Waals surface area contributed by atoms with Gasteiger partial charge in [0.25, 0.3) is 5.56 Å². The average molecular weight is 233 g/mol. The molecular weight excluding hydrogens is 218 g/mol. The first-order valence-corrected chi connectivity index (χ1v) is 5.40. The van der Waals surface area contributed by atoms with Crippen LogP contribution < -0.4 is 10.3 Å². The summed E-state index contributed by atoms with van der Waals surface area (Å²) in [5.74, 6) is 0.560. The van der Waals surface area contributed by atoms with Crippen molar-refractivity contribution in [1.29, 1.82) is 0 Å². The van der Waals surface area contributed by atoms with Gasteiger partial charge in [0.1, 0.15) is 11.4 Å². The topological polar surface area (TPSA) is 62.3 Å². The minimum absolute atomic E-state index is 0.116. The van der Waals surface area contributed by atoms with Crippen molar-refractivity contribution in [1.82, 2.24) is 4.98 Å². The Morgan fingerprint density at radius 3 is 2.59 bits per heavy atom. The van der Waals surface area contributed by atoms with Crippen molar-refractivity contribution >= 4 is 10.8 Å². The van der Waals surface area contributed by atoms with E-state index in [9.17, 15) is 9.90 Å². The molecule has 0 aliphatic heterocycles. The second-order valence-electron chi connectivity index (χ2n) is 4.95. The van der Waals surface area contributed by atoms with E-state index in [1.54, 1.807) is 18.2 Å². The van der Waals surface area contributed by atoms with Gasteiger partial charge in [-0.1, -0.05) is 0 Å². The Hall–Kier alpha value is -1.97. The Labute approximate surface area is 98.9 Å². The molecule has 2 N–H and O–H groups in total. The molecule has 0 amide bonds. The van der Waals surface area contributed by atoms with Crippen LogP contribution in [0.1, 0.15) is 20.8 Å². The van der Waals surface area contributed by atoms with E-state index in [0.29, 0.717) is 16.5 Å². The number of hydrogen-bond donors (Lipinski definition) is 2. The number of nitrogens with one attached hydrogen (secondary N) is 1. The van der Waals surface area contributed by atoms with Crippen LogP contribution in [0.15, 0.2) is 29.1 Å². The number of fused-ring (bicyclic) bond motifs is 1. The number of aromatic hydroxyl groups is 1. The molecule has 2 rings (SSSR count). The fourth-order valence-electron chi connectivity index (χ4n) is 1.65. The molecule has 1 aromatic heterocycles. The van der Waals surface area contributed by atoms with Crippen LogP contribution in [-0.2, 0) is 0 Å². The lowest BCUT2D eigenvalue weighted by Crippen LogP contribution is -2.22. The number of ether oxygens (including phenoxy) is 1. The summed E-state index contributed by atoms with van der Waals surface area (Å²) < 4.78 is 5.70. The SMILES string of the molecule is CC(C)(C)Oc1ccc2c(O)[nH]c(=O)cc2c1. The van der Waals surface area contributed by atoms with E-state index >= 15 is 0 Å². The van der Waals surface area contributed by atoms with Crippen molar-refractivity contribution in [3.05, 3.63) is 34.6 Å². The van der Waals surface area contributed by atoms with E-state index in [4.69, 9.17) is 4.74 Å². The Bertz CT molecular complexity index is 608. The van der Waals surface area contributed by atoms with E-state index in [2.05, 4.69) is 4.98 Å². The van der Waals surface area contributed by atoms with Gasteiger partial charge in [-0.25, -0.2) is 0 Å². The van der Waals surface area contributed by atoms with Gasteiger partial charge in [0, 0.05) is 11.5 Å². The van der Waals surface area contributed by atoms with Gasteiger partial charge in [-0.05, 0) is 44.4 Å². The van der Waals surface area contributed by atoms with E-state index in [-0.39, 0.29) is 17.0 Å². The van der Waals surface area contributed by atoms with Crippen molar-refractivity contribution in [3.63, 3.8) is 0 Å². The van der Waals surface area contributed by atoms with Gasteiger partial charge in [0.2, 0.25) is 0 Å². The largest absolute Gasteiger partial charge is 0.494 e. The molecule has 0 saturated carbocycles. The maximum absolute atomic E-state index is 11.2. The fourth-order valence-corrected chi connectivity index (χ4v) is 1.65. The standard InChI is InChI=1S/C13H15NO3/c1-13(2,3)17-9-4-5-10-8(6-9)7-11(15)14-12(10)16/h4-7H,1-3H3,(H2,14,15,16). The molecule has 0 bridgehead atoms. The minimum Gasteiger partial charge on any atom is -0.494 e. The fraction of sp³-hybridized carbons (Fsp3) is 0.308. The molecule has 0 spiro atoms. The maximum atomic E-state index is 11.2. The van der Waals surface area contributed by atoms with E-state index in [1.807, 2.05) is 20.8 Å². The lowest BCUT2D eigenvalue weighted by molar-refractivity contribution is 0.131. The van der Waals surface area contributed by atoms with Crippen molar-refractivity contribution in [3.8, 4) is 11.6 Å². The summed E-state index contributed by atoms with van der Waals surface area (Å²) in [6.45, 7) is 5.85. The van der Waals surface area contributed by atoms with E-state index < -0.39 is 0 Å². The molecule has 0 aliphatic rings. The molecule has 17 heavy (non-hydrogen) atoms. The van der Waals surface area contributed by atoms with Crippen LogP contribution in [-0.4, -0.2) is 15.7 Å². The first-order valence-electron chi connectivity index (χ1n) is 5.40. The van der Waals surface area contributed by atoms with Crippen LogP contribution in [0.3, 0.4) is 0 Å². The third kappa shape index (κ3) is 2.58. The number of H-pyrrole nitrogens is 1. The van der Waals surface area contributed by atoms with E-state index in [0.717, 1.165) is 0 Å². The third-order valence-electron chi connectivity index (χ3n) is 2.23. The van der Waals surface area contributed by atoms with Crippen LogP contribution >= 0.6 is 0 Å². The molecule has 0 aliphatic carbocycles. The number of benzene rings is 1. The molecule has 0 atom stereocenters. The Morgan fingerprint density at radius 2 is 1.94 bits per heavy atom. The molecule has 0 unspecified atom stereocenters. The minimum atomic E-state index is -0.331. The lowest BCUT2D eigenvalue weighted by Gasteiger charge is -2.21. The van der Waals surface area contributed by atoms with Crippen molar-refractivity contribution in [2.24, 2.45) is 0 Å². The van der Waals surface area contributed by atoms with Crippen molar-refractivity contribution < 1.29 is 9.84 Å². The van der Waals surface area contributed by atoms with Gasteiger partial charge in [-0.3, -0.25) is 9.78 Å². The highest BCUT2D eigenvalue weighted by Gasteiger charge is 2.12. The normalized spacial score (nSPS) is 11.7. The zero-order valence-corrected chi connectivity index (χ0v) is 10.1. The molecule has 2 aromatic rings. The van der Waals surface area contributed by atoms with Crippen LogP contribution in [0.5, 0.6) is 11.6 Å². The maximum Gasteiger partial charge on any atom is 0.251 e. The monoisotopic (exact) mass is 233 g/mol. The van der Waals surface area contributed by atoms with Crippen molar-refractivity contribution in [2.45, 2.75) is 26.4 Å². The van der Waals surface area contributed by atoms with Crippen LogP contribution in [0.25, 0.3) is 10.8 Å². The van der Waals surface area contributed by atoms with Crippen LogP contribution in [0.2, 0.25) is 0 Å². The molecular formula is C13H15NO3. The van der Waals surface area contributed by atoms with Gasteiger partial charge in [0.05, 0.1) is 0 Å². The smallest absolute Gasteiger partial charge is 0.251 e. The molecule has 4 heteroatoms. The zero-order valence-electron chi connectivity index (χ0n) is 10.1. The Kier molecular flexibility index (Phi) is 2.58. The molecule has 0 radical (unpaired) electrons. The summed E-state index contributed by atoms with van der Waals surface area (Å²) in [5, 5.41) is 10.8. The summed E-state index contributed by atoms with van der Waals surface area (Å²) in [4.78, 5) is 13.6. The highest BCUT2D eigenvalue weighted by Crippen LogP contribution is 2.26. The molecule has 90 valence electrons. The Balaban J connectivity index is 2.54. The molecule has 1 heterocycles. The van der Waals surface area contributed by atoms with Gasteiger partial charge >= 0.3 is 0 Å². The molecule has 0 saturated heterocycles. The summed E-state index contributed by atoms with van der Waals surface area (Å²) in [7, 11) is 0. The predicted octanol–water partition coefficient (Wildman–Crippen LogP) is 2.41. The molecule has 4 nitrogen and oxygen atoms in total. The van der Waals surface area contributed by atoms with Gasteiger partial charge in [0.15, 0.2) is 5.88 Å². The zero-order chi connectivity index (χ0) is 12.6. The first-order chi connectivity index (χ1) is 7.85. The average Bonchev–Trinajstić information content (AvgIpc) is 2.13. The Morgan fingerprint density at radius 1 is 1.24 bits per heavy atom. The third-order valence-corrected chi connectivity index (χ3v) is 2.23. The van der Waals surface area contributed by atoms with E-state index in [1.165, 1.54) is 6.07 Å². The highest BCUT2D eigenvalue weighted by molar-refractivity contribution is 5.87. The highest BCUT2D eigenvalue weighted by atomic mass is 16.5. The summed E-state index contributed by atoms with van der Waals surface area (Å²) >= 11 is 0. The predicted molar refractivity (Wildman–Crippen MR) is 66.6 cm³/mol. The van der Waals surface area contributed by atoms with Crippen LogP contribution in [0.4, 0.5) is 0 Å². The summed E-state index contributed by atoms with van der Waals surface area (Å²) in [6.07, 6.45) is 0. The number of rotatable bonds is 1. The number of aromatic nitrogens is 1. The summed E-state index contributed by atoms with van der Waals surface area (Å²) in [5.41, 5.74) is -0.625. The van der Waals surface area contributed by atoms with Gasteiger partial charge < -0.3 is 9.84 Å². The molecule has 0 fully saturated rings. The second kappa shape index (κ2) is 3.80. The number of aromatic amines is 1. The number of hydrogen-bond acceptors (Lipinski definition) is 3. The quantitative estimate of drug-likeness (QED) is 0.795. The van der Waals surface area contributed by atoms with Gasteiger partial charge in [-0.2, -0.15) is 0 Å². The summed E-state index contributed by atoms with van der Waals surface area (Å²) in [6, 6.07) is 6.67. The second-order valence-corrected chi connectivity index (χ2v) is 4.95. The lowest BCUT2D eigenvalue weighted by atomic mass is 10.1. The van der Waals surface area contributed by atoms with Crippen molar-refractivity contribution in [2.75, 3.05) is 0 Å². The first kappa shape index (κ1) is 11.5. The van der Waals surface area contributed by atoms with Crippen LogP contribution in [0, 0.1) is 0 Å².